The standard InChI is InChI=1S/C24H29NO/c1-17(2)19-9-6-10-20(13-19)24(26)21-14-22-11-12-23(15-21)25(22)16-18-7-4-3-5-8-18/h3-10,13,17,21-23H,11-12,14-16H2,1-2H3. The number of benzene rings is 2. The number of ketones is 1. The first kappa shape index (κ1) is 17.5. The topological polar surface area (TPSA) is 20.3 Å². The van der Waals surface area contributed by atoms with E-state index in [0.717, 1.165) is 24.9 Å². The third-order valence-electron chi connectivity index (χ3n) is 6.30. The molecule has 0 spiro atoms. The van der Waals surface area contributed by atoms with Gasteiger partial charge in [0.05, 0.1) is 0 Å². The van der Waals surface area contributed by atoms with Gasteiger partial charge in [-0.25, -0.2) is 0 Å². The van der Waals surface area contributed by atoms with Crippen molar-refractivity contribution in [2.45, 2.75) is 64.1 Å². The molecule has 2 aromatic carbocycles. The van der Waals surface area contributed by atoms with Crippen LogP contribution in [0.2, 0.25) is 0 Å². The second kappa shape index (κ2) is 7.36. The summed E-state index contributed by atoms with van der Waals surface area (Å²) in [5, 5.41) is 0. The van der Waals surface area contributed by atoms with E-state index in [-0.39, 0.29) is 5.92 Å². The Morgan fingerprint density at radius 3 is 2.35 bits per heavy atom. The lowest BCUT2D eigenvalue weighted by Crippen LogP contribution is -2.44. The van der Waals surface area contributed by atoms with Gasteiger partial charge in [-0.3, -0.25) is 9.69 Å². The van der Waals surface area contributed by atoms with Gasteiger partial charge in [-0.2, -0.15) is 0 Å². The van der Waals surface area contributed by atoms with E-state index in [1.54, 1.807) is 0 Å². The Bertz CT molecular complexity index is 753. The molecule has 2 heteroatoms. The van der Waals surface area contributed by atoms with E-state index < -0.39 is 0 Å². The van der Waals surface area contributed by atoms with Crippen LogP contribution in [0.4, 0.5) is 0 Å². The van der Waals surface area contributed by atoms with Crippen LogP contribution < -0.4 is 0 Å². The number of nitrogens with zero attached hydrogens (tertiary/aromatic N) is 1. The van der Waals surface area contributed by atoms with E-state index in [9.17, 15) is 4.79 Å². The molecule has 0 amide bonds. The van der Waals surface area contributed by atoms with E-state index in [0.29, 0.717) is 23.8 Å². The van der Waals surface area contributed by atoms with Crippen molar-refractivity contribution < 1.29 is 4.79 Å². The van der Waals surface area contributed by atoms with Crippen LogP contribution in [0.1, 0.15) is 66.9 Å². The highest BCUT2D eigenvalue weighted by Crippen LogP contribution is 2.40. The summed E-state index contributed by atoms with van der Waals surface area (Å²) in [4.78, 5) is 15.8. The summed E-state index contributed by atoms with van der Waals surface area (Å²) in [5.41, 5.74) is 3.57. The summed E-state index contributed by atoms with van der Waals surface area (Å²) in [6.07, 6.45) is 4.53. The summed E-state index contributed by atoms with van der Waals surface area (Å²) in [6.45, 7) is 5.40. The third-order valence-corrected chi connectivity index (χ3v) is 6.30. The van der Waals surface area contributed by atoms with Crippen LogP contribution in [0.25, 0.3) is 0 Å². The van der Waals surface area contributed by atoms with Gasteiger partial charge in [0.1, 0.15) is 0 Å². The Kier molecular flexibility index (Phi) is 4.95. The van der Waals surface area contributed by atoms with Gasteiger partial charge in [0.15, 0.2) is 5.78 Å². The van der Waals surface area contributed by atoms with Crippen molar-refractivity contribution in [3.8, 4) is 0 Å². The Labute approximate surface area is 157 Å². The summed E-state index contributed by atoms with van der Waals surface area (Å²) in [6, 6.07) is 20.2. The molecule has 2 aliphatic heterocycles. The summed E-state index contributed by atoms with van der Waals surface area (Å²) < 4.78 is 0. The SMILES string of the molecule is CC(C)c1cccc(C(=O)C2CC3CCC(C2)N3Cc2ccccc2)c1. The van der Waals surface area contributed by atoms with Crippen LogP contribution >= 0.6 is 0 Å². The van der Waals surface area contributed by atoms with E-state index in [1.165, 1.54) is 24.0 Å². The molecule has 2 nitrogen and oxygen atoms in total. The van der Waals surface area contributed by atoms with Gasteiger partial charge in [0.2, 0.25) is 0 Å². The molecule has 0 N–H and O–H groups in total. The van der Waals surface area contributed by atoms with Gasteiger partial charge in [-0.05, 0) is 48.8 Å². The first-order chi connectivity index (χ1) is 12.6. The summed E-state index contributed by atoms with van der Waals surface area (Å²) in [5.74, 6) is 1.03. The molecule has 0 aromatic heterocycles. The van der Waals surface area contributed by atoms with E-state index >= 15 is 0 Å². The van der Waals surface area contributed by atoms with Crippen molar-refractivity contribution in [2.24, 2.45) is 5.92 Å². The number of piperidine rings is 1. The quantitative estimate of drug-likeness (QED) is 0.672. The highest BCUT2D eigenvalue weighted by atomic mass is 16.1. The molecule has 0 saturated carbocycles. The second-order valence-electron chi connectivity index (χ2n) is 8.36. The zero-order chi connectivity index (χ0) is 18.1. The van der Waals surface area contributed by atoms with Gasteiger partial charge < -0.3 is 0 Å². The number of carbonyl (C=O) groups excluding carboxylic acids is 1. The minimum absolute atomic E-state index is 0.196. The molecule has 26 heavy (non-hydrogen) atoms. The molecule has 4 rings (SSSR count). The molecule has 0 radical (unpaired) electrons. The Morgan fingerprint density at radius 2 is 1.69 bits per heavy atom. The van der Waals surface area contributed by atoms with Crippen molar-refractivity contribution in [1.82, 2.24) is 4.90 Å². The molecule has 2 bridgehead atoms. The number of fused-ring (bicyclic) bond motifs is 2. The maximum absolute atomic E-state index is 13.1. The maximum atomic E-state index is 13.1. The van der Waals surface area contributed by atoms with Gasteiger partial charge in [0.25, 0.3) is 0 Å². The maximum Gasteiger partial charge on any atom is 0.166 e. The first-order valence-corrected chi connectivity index (χ1v) is 10.1. The van der Waals surface area contributed by atoms with Gasteiger partial charge in [-0.15, -0.1) is 0 Å². The number of hydrogen-bond acceptors (Lipinski definition) is 2. The summed E-state index contributed by atoms with van der Waals surface area (Å²) >= 11 is 0. The van der Waals surface area contributed by atoms with Gasteiger partial charge in [0, 0.05) is 30.1 Å². The lowest BCUT2D eigenvalue weighted by molar-refractivity contribution is 0.0678. The van der Waals surface area contributed by atoms with Crippen LogP contribution in [0.15, 0.2) is 54.6 Å². The number of rotatable bonds is 5. The average Bonchev–Trinajstić information content (AvgIpc) is 2.90. The predicted octanol–water partition coefficient (Wildman–Crippen LogP) is 5.44. The minimum Gasteiger partial charge on any atom is -0.294 e. The van der Waals surface area contributed by atoms with Crippen molar-refractivity contribution in [3.63, 3.8) is 0 Å². The molecular weight excluding hydrogens is 318 g/mol. The van der Waals surface area contributed by atoms with Crippen molar-refractivity contribution in [1.29, 1.82) is 0 Å². The predicted molar refractivity (Wildman–Crippen MR) is 106 cm³/mol. The van der Waals surface area contributed by atoms with Crippen molar-refractivity contribution in [3.05, 3.63) is 71.3 Å². The van der Waals surface area contributed by atoms with Crippen LogP contribution in [0.3, 0.4) is 0 Å². The van der Waals surface area contributed by atoms with Crippen LogP contribution in [0.5, 0.6) is 0 Å². The van der Waals surface area contributed by atoms with Gasteiger partial charge in [-0.1, -0.05) is 62.4 Å². The Morgan fingerprint density at radius 1 is 1.00 bits per heavy atom. The van der Waals surface area contributed by atoms with E-state index in [4.69, 9.17) is 0 Å². The number of Topliss-reactive ketones (excluding diaryl/α,β-unsaturated/α-hetero) is 1. The molecule has 136 valence electrons. The molecule has 2 saturated heterocycles. The Hall–Kier alpha value is -1.93. The zero-order valence-corrected chi connectivity index (χ0v) is 15.9. The highest BCUT2D eigenvalue weighted by Gasteiger charge is 2.42. The van der Waals surface area contributed by atoms with Crippen LogP contribution in [0, 0.1) is 5.92 Å². The van der Waals surface area contributed by atoms with Crippen LogP contribution in [-0.4, -0.2) is 22.8 Å². The molecule has 2 unspecified atom stereocenters. The molecule has 2 heterocycles. The van der Waals surface area contributed by atoms with E-state index in [1.807, 2.05) is 12.1 Å². The monoisotopic (exact) mass is 347 g/mol. The molecule has 2 fully saturated rings. The fraction of sp³-hybridized carbons (Fsp3) is 0.458. The van der Waals surface area contributed by atoms with Crippen LogP contribution in [-0.2, 0) is 6.54 Å². The fourth-order valence-electron chi connectivity index (χ4n) is 4.83. The first-order valence-electron chi connectivity index (χ1n) is 10.1. The number of hydrogen-bond donors (Lipinski definition) is 0. The fourth-order valence-corrected chi connectivity index (χ4v) is 4.83. The normalized spacial score (nSPS) is 25.6. The third kappa shape index (κ3) is 3.48. The lowest BCUT2D eigenvalue weighted by Gasteiger charge is -2.38. The minimum atomic E-state index is 0.196. The summed E-state index contributed by atoms with van der Waals surface area (Å²) in [7, 11) is 0. The molecule has 2 aliphatic rings. The molecular formula is C24H29NO. The second-order valence-corrected chi connectivity index (χ2v) is 8.36. The average molecular weight is 348 g/mol. The van der Waals surface area contributed by atoms with Crippen molar-refractivity contribution in [2.75, 3.05) is 0 Å². The molecule has 0 aliphatic carbocycles. The van der Waals surface area contributed by atoms with Crippen molar-refractivity contribution >= 4 is 5.78 Å². The van der Waals surface area contributed by atoms with Gasteiger partial charge >= 0.3 is 0 Å². The van der Waals surface area contributed by atoms with E-state index in [2.05, 4.69) is 61.2 Å². The Balaban J connectivity index is 1.47. The molecule has 2 atom stereocenters. The number of carbonyl (C=O) groups is 1. The smallest absolute Gasteiger partial charge is 0.166 e. The molecule has 2 aromatic rings. The zero-order valence-electron chi connectivity index (χ0n) is 15.9. The lowest BCUT2D eigenvalue weighted by atomic mass is 9.84. The largest absolute Gasteiger partial charge is 0.294 e. The highest BCUT2D eigenvalue weighted by molar-refractivity contribution is 5.98.